The van der Waals surface area contributed by atoms with Crippen LogP contribution in [0, 0.1) is 18.8 Å². The molecule has 3 aromatic rings. The quantitative estimate of drug-likeness (QED) is 0.273. The molecule has 0 unspecified atom stereocenters. The third kappa shape index (κ3) is 7.15. The number of rotatable bonds is 11. The molecule has 10 nitrogen and oxygen atoms in total. The Kier molecular flexibility index (Phi) is 9.49. The summed E-state index contributed by atoms with van der Waals surface area (Å²) in [5.41, 5.74) is 2.63. The molecule has 0 aliphatic carbocycles. The van der Waals surface area contributed by atoms with Gasteiger partial charge in [-0.3, -0.25) is 9.59 Å². The number of aromatic nitrogens is 1. The molecule has 0 saturated carbocycles. The lowest BCUT2D eigenvalue weighted by Crippen LogP contribution is -2.54. The Hall–Kier alpha value is -3.70. The number of aryl methyl sites for hydroxylation is 1. The molecule has 11 heteroatoms. The smallest absolute Gasteiger partial charge is 0.326 e. The minimum atomic E-state index is -3.92. The van der Waals surface area contributed by atoms with Crippen LogP contribution in [0.4, 0.5) is 0 Å². The molecule has 1 saturated heterocycles. The average Bonchev–Trinajstić information content (AvgIpc) is 3.37. The molecule has 220 valence electrons. The van der Waals surface area contributed by atoms with Crippen LogP contribution < -0.4 is 10.0 Å². The number of carboxylic acid groups (broad SMARTS) is 1. The third-order valence-corrected chi connectivity index (χ3v) is 9.44. The first kappa shape index (κ1) is 30.3. The number of aromatic amines is 1. The third-order valence-electron chi connectivity index (χ3n) is 7.98. The van der Waals surface area contributed by atoms with E-state index in [0.29, 0.717) is 19.3 Å². The molecule has 2 aromatic carbocycles. The van der Waals surface area contributed by atoms with Gasteiger partial charge in [-0.2, -0.15) is 4.72 Å². The van der Waals surface area contributed by atoms with Crippen molar-refractivity contribution >= 4 is 38.7 Å². The highest BCUT2D eigenvalue weighted by Gasteiger charge is 2.36. The van der Waals surface area contributed by atoms with Gasteiger partial charge in [0.2, 0.25) is 21.8 Å². The first-order valence-corrected chi connectivity index (χ1v) is 15.4. The van der Waals surface area contributed by atoms with E-state index in [9.17, 15) is 27.9 Å². The van der Waals surface area contributed by atoms with Crippen molar-refractivity contribution in [1.82, 2.24) is 19.9 Å². The largest absolute Gasteiger partial charge is 0.480 e. The number of likely N-dealkylation sites (tertiary alicyclic amines) is 1. The van der Waals surface area contributed by atoms with E-state index in [1.165, 1.54) is 12.1 Å². The van der Waals surface area contributed by atoms with Crippen LogP contribution >= 0.6 is 0 Å². The predicted octanol–water partition coefficient (Wildman–Crippen LogP) is 3.22. The van der Waals surface area contributed by atoms with Gasteiger partial charge in [0.1, 0.15) is 12.1 Å². The zero-order valence-electron chi connectivity index (χ0n) is 23.6. The van der Waals surface area contributed by atoms with E-state index in [1.807, 2.05) is 45.0 Å². The van der Waals surface area contributed by atoms with Gasteiger partial charge in [-0.15, -0.1) is 0 Å². The SMILES string of the molecule is CC[C@@H](C)[C@H](NS(=O)(=O)c1ccc(C)cc1)C(=O)N1CCC(C(=O)N[C@@H](Cc2c[nH]c3ccccc23)C(=O)O)CC1. The summed E-state index contributed by atoms with van der Waals surface area (Å²) in [6.45, 7) is 6.15. The summed E-state index contributed by atoms with van der Waals surface area (Å²) in [4.78, 5) is 43.4. The Morgan fingerprint density at radius 3 is 2.37 bits per heavy atom. The van der Waals surface area contributed by atoms with Crippen molar-refractivity contribution < 1.29 is 27.9 Å². The van der Waals surface area contributed by atoms with Crippen LogP contribution in [-0.4, -0.2) is 66.4 Å². The number of aliphatic carboxylic acids is 1. The molecule has 0 radical (unpaired) electrons. The van der Waals surface area contributed by atoms with Crippen molar-refractivity contribution in [3.8, 4) is 0 Å². The minimum Gasteiger partial charge on any atom is -0.480 e. The molecular formula is C30H38N4O6S. The Balaban J connectivity index is 1.37. The number of para-hydroxylation sites is 1. The summed E-state index contributed by atoms with van der Waals surface area (Å²) < 4.78 is 28.7. The lowest BCUT2D eigenvalue weighted by molar-refractivity contribution is -0.143. The van der Waals surface area contributed by atoms with Crippen molar-refractivity contribution in [3.05, 3.63) is 65.9 Å². The number of piperidine rings is 1. The zero-order valence-corrected chi connectivity index (χ0v) is 24.4. The van der Waals surface area contributed by atoms with Crippen molar-refractivity contribution in [2.45, 2.75) is 63.4 Å². The van der Waals surface area contributed by atoms with Crippen molar-refractivity contribution in [2.75, 3.05) is 13.1 Å². The molecule has 1 aliphatic heterocycles. The molecule has 41 heavy (non-hydrogen) atoms. The van der Waals surface area contributed by atoms with E-state index in [1.54, 1.807) is 23.2 Å². The Bertz CT molecular complexity index is 1490. The molecule has 2 heterocycles. The number of fused-ring (bicyclic) bond motifs is 1. The van der Waals surface area contributed by atoms with Crippen LogP contribution in [-0.2, 0) is 30.8 Å². The van der Waals surface area contributed by atoms with Gasteiger partial charge in [-0.05, 0) is 49.4 Å². The summed E-state index contributed by atoms with van der Waals surface area (Å²) in [5, 5.41) is 13.4. The lowest BCUT2D eigenvalue weighted by atomic mass is 9.93. The number of benzene rings is 2. The maximum Gasteiger partial charge on any atom is 0.326 e. The maximum absolute atomic E-state index is 13.5. The Morgan fingerprint density at radius 2 is 1.73 bits per heavy atom. The number of H-pyrrole nitrogens is 1. The monoisotopic (exact) mass is 582 g/mol. The van der Waals surface area contributed by atoms with E-state index < -0.39 is 34.0 Å². The van der Waals surface area contributed by atoms with Gasteiger partial charge < -0.3 is 20.3 Å². The van der Waals surface area contributed by atoms with Crippen molar-refractivity contribution in [3.63, 3.8) is 0 Å². The number of nitrogens with zero attached hydrogens (tertiary/aromatic N) is 1. The van der Waals surface area contributed by atoms with Gasteiger partial charge in [-0.25, -0.2) is 13.2 Å². The van der Waals surface area contributed by atoms with Crippen LogP contribution in [0.3, 0.4) is 0 Å². The second kappa shape index (κ2) is 12.9. The first-order chi connectivity index (χ1) is 19.5. The number of sulfonamides is 1. The maximum atomic E-state index is 13.5. The standard InChI is InChI=1S/C30H38N4O6S/c1-4-20(3)27(33-41(39,40)23-11-9-19(2)10-12-23)29(36)34-15-13-21(14-16-34)28(35)32-26(30(37)38)17-22-18-31-25-8-6-5-7-24(22)25/h5-12,18,20-21,26-27,31,33H,4,13-17H2,1-3H3,(H,32,35)(H,37,38)/t20-,26+,27+/m1/s1. The summed E-state index contributed by atoms with van der Waals surface area (Å²) in [6, 6.07) is 12.0. The highest BCUT2D eigenvalue weighted by molar-refractivity contribution is 7.89. The number of carbonyl (C=O) groups is 3. The van der Waals surface area contributed by atoms with Crippen LogP contribution in [0.2, 0.25) is 0 Å². The van der Waals surface area contributed by atoms with E-state index in [4.69, 9.17) is 0 Å². The normalized spacial score (nSPS) is 16.7. The number of carboxylic acids is 1. The summed E-state index contributed by atoms with van der Waals surface area (Å²) in [5.74, 6) is -2.49. The highest BCUT2D eigenvalue weighted by Crippen LogP contribution is 2.23. The highest BCUT2D eigenvalue weighted by atomic mass is 32.2. The van der Waals surface area contributed by atoms with Gasteiger partial charge in [0.25, 0.3) is 0 Å². The van der Waals surface area contributed by atoms with Gasteiger partial charge in [0, 0.05) is 42.5 Å². The second-order valence-electron chi connectivity index (χ2n) is 10.9. The lowest BCUT2D eigenvalue weighted by Gasteiger charge is -2.35. The van der Waals surface area contributed by atoms with E-state index in [0.717, 1.165) is 22.0 Å². The van der Waals surface area contributed by atoms with Gasteiger partial charge in [0.15, 0.2) is 0 Å². The molecule has 3 atom stereocenters. The zero-order chi connectivity index (χ0) is 29.7. The first-order valence-electron chi connectivity index (χ1n) is 14.0. The van der Waals surface area contributed by atoms with Gasteiger partial charge >= 0.3 is 5.97 Å². The predicted molar refractivity (Wildman–Crippen MR) is 156 cm³/mol. The number of carbonyl (C=O) groups excluding carboxylic acids is 2. The molecule has 1 fully saturated rings. The minimum absolute atomic E-state index is 0.0974. The van der Waals surface area contributed by atoms with Crippen LogP contribution in [0.1, 0.15) is 44.2 Å². The summed E-state index contributed by atoms with van der Waals surface area (Å²) in [7, 11) is -3.92. The van der Waals surface area contributed by atoms with Gasteiger partial charge in [-0.1, -0.05) is 56.2 Å². The molecule has 1 aromatic heterocycles. The molecular weight excluding hydrogens is 544 g/mol. The van der Waals surface area contributed by atoms with Crippen molar-refractivity contribution in [1.29, 1.82) is 0 Å². The van der Waals surface area contributed by atoms with E-state index in [2.05, 4.69) is 15.0 Å². The summed E-state index contributed by atoms with van der Waals surface area (Å²) >= 11 is 0. The Labute approximate surface area is 240 Å². The Morgan fingerprint density at radius 1 is 1.07 bits per heavy atom. The molecule has 0 spiro atoms. The van der Waals surface area contributed by atoms with Crippen LogP contribution in [0.15, 0.2) is 59.6 Å². The van der Waals surface area contributed by atoms with Crippen molar-refractivity contribution in [2.24, 2.45) is 11.8 Å². The van der Waals surface area contributed by atoms with Crippen LogP contribution in [0.5, 0.6) is 0 Å². The van der Waals surface area contributed by atoms with Gasteiger partial charge in [0.05, 0.1) is 4.90 Å². The molecule has 0 bridgehead atoms. The second-order valence-corrected chi connectivity index (χ2v) is 12.6. The number of amides is 2. The van der Waals surface area contributed by atoms with E-state index >= 15 is 0 Å². The topological polar surface area (TPSA) is 149 Å². The summed E-state index contributed by atoms with van der Waals surface area (Å²) in [6.07, 6.45) is 3.21. The molecule has 1 aliphatic rings. The molecule has 2 amide bonds. The molecule has 4 rings (SSSR count). The molecule has 4 N–H and O–H groups in total. The fraction of sp³-hybridized carbons (Fsp3) is 0.433. The fourth-order valence-corrected chi connectivity index (χ4v) is 6.46. The number of nitrogens with one attached hydrogen (secondary N) is 3. The fourth-order valence-electron chi connectivity index (χ4n) is 5.17. The van der Waals surface area contributed by atoms with E-state index in [-0.39, 0.29) is 42.1 Å². The number of hydrogen-bond donors (Lipinski definition) is 4. The average molecular weight is 583 g/mol. The number of hydrogen-bond acceptors (Lipinski definition) is 5. The van der Waals surface area contributed by atoms with Crippen LogP contribution in [0.25, 0.3) is 10.9 Å².